The van der Waals surface area contributed by atoms with Crippen molar-refractivity contribution in [2.45, 2.75) is 11.6 Å². The fourth-order valence-corrected chi connectivity index (χ4v) is 3.71. The lowest BCUT2D eigenvalue weighted by Gasteiger charge is -2.09. The second-order valence-electron chi connectivity index (χ2n) is 6.32. The van der Waals surface area contributed by atoms with Crippen molar-refractivity contribution in [1.82, 2.24) is 14.8 Å². The molecule has 2 aromatic carbocycles. The number of halogens is 2. The van der Waals surface area contributed by atoms with Gasteiger partial charge in [0.25, 0.3) is 0 Å². The van der Waals surface area contributed by atoms with Crippen LogP contribution >= 0.6 is 35.0 Å². The first kappa shape index (κ1) is 22.9. The summed E-state index contributed by atoms with van der Waals surface area (Å²) in [4.78, 5) is 24.6. The van der Waals surface area contributed by atoms with E-state index >= 15 is 0 Å². The van der Waals surface area contributed by atoms with Crippen LogP contribution in [0.4, 0.5) is 11.4 Å². The van der Waals surface area contributed by atoms with Gasteiger partial charge in [0.2, 0.25) is 11.8 Å². The first-order valence-electron chi connectivity index (χ1n) is 9.07. The van der Waals surface area contributed by atoms with Crippen molar-refractivity contribution in [3.8, 4) is 5.75 Å². The average molecular weight is 480 g/mol. The minimum absolute atomic E-state index is 0.0136. The Hall–Kier alpha value is -2.75. The van der Waals surface area contributed by atoms with Gasteiger partial charge in [-0.25, -0.2) is 0 Å². The van der Waals surface area contributed by atoms with Gasteiger partial charge < -0.3 is 19.9 Å². The maximum Gasteiger partial charge on any atom is 0.234 e. The molecule has 0 saturated carbocycles. The molecule has 0 unspecified atom stereocenters. The summed E-state index contributed by atoms with van der Waals surface area (Å²) < 4.78 is 6.89. The number of ether oxygens (including phenoxy) is 1. The first-order valence-corrected chi connectivity index (χ1v) is 10.8. The van der Waals surface area contributed by atoms with Gasteiger partial charge >= 0.3 is 0 Å². The Morgan fingerprint density at radius 1 is 1.03 bits per heavy atom. The van der Waals surface area contributed by atoms with Crippen molar-refractivity contribution >= 4 is 58.2 Å². The number of methoxy groups -OCH3 is 1. The molecule has 8 nitrogen and oxygen atoms in total. The Labute approximate surface area is 193 Å². The average Bonchev–Trinajstić information content (AvgIpc) is 3.09. The number of nitrogens with one attached hydrogen (secondary N) is 2. The molecule has 0 spiro atoms. The number of hydrogen-bond donors (Lipinski definition) is 2. The number of amides is 2. The molecule has 31 heavy (non-hydrogen) atoms. The van der Waals surface area contributed by atoms with Crippen LogP contribution in [0.2, 0.25) is 10.0 Å². The van der Waals surface area contributed by atoms with Crippen molar-refractivity contribution in [2.75, 3.05) is 23.5 Å². The summed E-state index contributed by atoms with van der Waals surface area (Å²) in [7, 11) is 3.27. The van der Waals surface area contributed by atoms with E-state index in [1.807, 2.05) is 12.1 Å². The fourth-order valence-electron chi connectivity index (χ4n) is 2.63. The van der Waals surface area contributed by atoms with E-state index < -0.39 is 0 Å². The van der Waals surface area contributed by atoms with E-state index in [2.05, 4.69) is 20.8 Å². The summed E-state index contributed by atoms with van der Waals surface area (Å²) in [6.45, 7) is 0. The Bertz CT molecular complexity index is 1110. The van der Waals surface area contributed by atoms with E-state index in [0.29, 0.717) is 33.1 Å². The Balaban J connectivity index is 1.56. The van der Waals surface area contributed by atoms with Crippen molar-refractivity contribution in [1.29, 1.82) is 0 Å². The van der Waals surface area contributed by atoms with Gasteiger partial charge in [-0.2, -0.15) is 0 Å². The molecule has 2 N–H and O–H groups in total. The number of aromatic nitrogens is 3. The number of para-hydroxylation sites is 2. The zero-order valence-corrected chi connectivity index (χ0v) is 19.0. The third-order valence-corrected chi connectivity index (χ3v) is 6.02. The van der Waals surface area contributed by atoms with Crippen LogP contribution in [-0.4, -0.2) is 39.4 Å². The van der Waals surface area contributed by atoms with Crippen molar-refractivity contribution in [3.63, 3.8) is 0 Å². The molecule has 3 rings (SSSR count). The minimum Gasteiger partial charge on any atom is -0.495 e. The van der Waals surface area contributed by atoms with Crippen LogP contribution in [0.5, 0.6) is 5.75 Å². The predicted molar refractivity (Wildman–Crippen MR) is 122 cm³/mol. The van der Waals surface area contributed by atoms with Gasteiger partial charge in [0.1, 0.15) is 11.6 Å². The summed E-state index contributed by atoms with van der Waals surface area (Å²) in [6, 6.07) is 12.1. The largest absolute Gasteiger partial charge is 0.495 e. The van der Waals surface area contributed by atoms with E-state index in [0.717, 1.165) is 0 Å². The van der Waals surface area contributed by atoms with E-state index in [1.54, 1.807) is 41.9 Å². The van der Waals surface area contributed by atoms with Crippen molar-refractivity contribution in [2.24, 2.45) is 7.05 Å². The molecular weight excluding hydrogens is 461 g/mol. The summed E-state index contributed by atoms with van der Waals surface area (Å²) in [5.41, 5.74) is 1.01. The number of nitrogens with zero attached hydrogens (tertiary/aromatic N) is 3. The number of benzene rings is 2. The molecule has 0 aliphatic heterocycles. The number of hydrogen-bond acceptors (Lipinski definition) is 6. The second-order valence-corrected chi connectivity index (χ2v) is 8.05. The van der Waals surface area contributed by atoms with Gasteiger partial charge in [0, 0.05) is 7.05 Å². The highest BCUT2D eigenvalue weighted by molar-refractivity contribution is 7.99. The Morgan fingerprint density at radius 2 is 1.74 bits per heavy atom. The van der Waals surface area contributed by atoms with Gasteiger partial charge in [-0.15, -0.1) is 10.2 Å². The van der Waals surface area contributed by atoms with Gasteiger partial charge in [0.05, 0.1) is 40.7 Å². The topological polar surface area (TPSA) is 98.1 Å². The standard InChI is InChI=1S/C20H19Cl2N5O3S/c1-27-16(10-17(28)24-14-8-5-6-12(21)19(14)22)25-26-20(27)31-11-18(29)23-13-7-3-4-9-15(13)30-2/h3-9H,10-11H2,1-2H3,(H,23,29)(H,24,28). The molecule has 1 heterocycles. The number of thioether (sulfide) groups is 1. The maximum atomic E-state index is 12.4. The molecule has 0 radical (unpaired) electrons. The molecule has 11 heteroatoms. The lowest BCUT2D eigenvalue weighted by Crippen LogP contribution is -2.17. The number of carbonyl (C=O) groups is 2. The zero-order chi connectivity index (χ0) is 22.4. The lowest BCUT2D eigenvalue weighted by atomic mass is 10.3. The lowest BCUT2D eigenvalue weighted by molar-refractivity contribution is -0.116. The molecule has 0 atom stereocenters. The van der Waals surface area contributed by atoms with Crippen LogP contribution in [0.25, 0.3) is 0 Å². The highest BCUT2D eigenvalue weighted by atomic mass is 35.5. The van der Waals surface area contributed by atoms with Gasteiger partial charge in [-0.05, 0) is 24.3 Å². The normalized spacial score (nSPS) is 10.6. The molecule has 1 aromatic heterocycles. The van der Waals surface area contributed by atoms with E-state index in [1.165, 1.54) is 18.9 Å². The summed E-state index contributed by atoms with van der Waals surface area (Å²) in [5.74, 6) is 0.613. The van der Waals surface area contributed by atoms with Crippen LogP contribution in [0, 0.1) is 0 Å². The Kier molecular flexibility index (Phi) is 7.78. The molecule has 0 aliphatic carbocycles. The smallest absolute Gasteiger partial charge is 0.234 e. The van der Waals surface area contributed by atoms with Crippen molar-refractivity contribution < 1.29 is 14.3 Å². The molecule has 0 bridgehead atoms. The summed E-state index contributed by atoms with van der Waals surface area (Å²) >= 11 is 13.3. The SMILES string of the molecule is COc1ccccc1NC(=O)CSc1nnc(CC(=O)Nc2cccc(Cl)c2Cl)n1C. The molecule has 3 aromatic rings. The number of carbonyl (C=O) groups excluding carboxylic acids is 2. The molecule has 2 amide bonds. The van der Waals surface area contributed by atoms with Crippen LogP contribution in [-0.2, 0) is 23.1 Å². The zero-order valence-electron chi connectivity index (χ0n) is 16.7. The molecule has 162 valence electrons. The van der Waals surface area contributed by atoms with Crippen LogP contribution < -0.4 is 15.4 Å². The monoisotopic (exact) mass is 479 g/mol. The van der Waals surface area contributed by atoms with Crippen molar-refractivity contribution in [3.05, 3.63) is 58.3 Å². The number of rotatable bonds is 8. The highest BCUT2D eigenvalue weighted by Crippen LogP contribution is 2.29. The predicted octanol–water partition coefficient (Wildman–Crippen LogP) is 4.04. The first-order chi connectivity index (χ1) is 14.9. The van der Waals surface area contributed by atoms with E-state index in [-0.39, 0.29) is 29.0 Å². The molecule has 0 aliphatic rings. The Morgan fingerprint density at radius 3 is 2.52 bits per heavy atom. The van der Waals surface area contributed by atoms with Gasteiger partial charge in [0.15, 0.2) is 5.16 Å². The third-order valence-electron chi connectivity index (χ3n) is 4.18. The quantitative estimate of drug-likeness (QED) is 0.473. The maximum absolute atomic E-state index is 12.4. The summed E-state index contributed by atoms with van der Waals surface area (Å²) in [5, 5.41) is 14.7. The third kappa shape index (κ3) is 5.90. The molecule has 0 fully saturated rings. The van der Waals surface area contributed by atoms with Crippen LogP contribution in [0.15, 0.2) is 47.6 Å². The molecular formula is C20H19Cl2N5O3S. The van der Waals surface area contributed by atoms with E-state index in [9.17, 15) is 9.59 Å². The van der Waals surface area contributed by atoms with Gasteiger partial charge in [-0.3, -0.25) is 9.59 Å². The van der Waals surface area contributed by atoms with Crippen LogP contribution in [0.1, 0.15) is 5.82 Å². The summed E-state index contributed by atoms with van der Waals surface area (Å²) in [6.07, 6.45) is -0.0136. The highest BCUT2D eigenvalue weighted by Gasteiger charge is 2.16. The van der Waals surface area contributed by atoms with Crippen LogP contribution in [0.3, 0.4) is 0 Å². The van der Waals surface area contributed by atoms with E-state index in [4.69, 9.17) is 27.9 Å². The minimum atomic E-state index is -0.315. The fraction of sp³-hybridized carbons (Fsp3) is 0.200. The second kappa shape index (κ2) is 10.5. The molecule has 0 saturated heterocycles. The van der Waals surface area contributed by atoms with Gasteiger partial charge in [-0.1, -0.05) is 53.2 Å². The number of anilines is 2.